The Morgan fingerprint density at radius 2 is 1.78 bits per heavy atom. The molecule has 3 aliphatic carbocycles. The molecule has 0 spiro atoms. The number of phenolic OH excluding ortho intramolecular Hbond substituents is 1. The molecule has 7 heteroatoms. The van der Waals surface area contributed by atoms with Crippen molar-refractivity contribution in [2.45, 2.75) is 91.8 Å². The van der Waals surface area contributed by atoms with Crippen LogP contribution < -0.4 is 0 Å². The lowest BCUT2D eigenvalue weighted by Crippen LogP contribution is -2.70. The number of Topliss-reactive ketones (excluding diaryl/α,β-unsaturated/α-hetero) is 3. The fourth-order valence-corrected chi connectivity index (χ4v) is 7.17. The Balaban J connectivity index is 1.96. The summed E-state index contributed by atoms with van der Waals surface area (Å²) in [5.41, 5.74) is -4.55. The number of allylic oxidation sites excluding steroid dienone is 1. The topological polar surface area (TPSA) is 132 Å². The molecule has 0 aliphatic heterocycles. The van der Waals surface area contributed by atoms with E-state index in [0.29, 0.717) is 29.0 Å². The lowest BCUT2D eigenvalue weighted by Gasteiger charge is -2.60. The highest BCUT2D eigenvalue weighted by Crippen LogP contribution is 2.65. The van der Waals surface area contributed by atoms with Crippen molar-refractivity contribution in [1.82, 2.24) is 0 Å². The van der Waals surface area contributed by atoms with Gasteiger partial charge in [0.1, 0.15) is 11.5 Å². The zero-order valence-corrected chi connectivity index (χ0v) is 22.7. The first-order valence-electron chi connectivity index (χ1n) is 13.1. The largest absolute Gasteiger partial charge is 0.508 e. The molecule has 0 saturated carbocycles. The van der Waals surface area contributed by atoms with E-state index in [2.05, 4.69) is 13.8 Å². The molecule has 0 fully saturated rings. The summed E-state index contributed by atoms with van der Waals surface area (Å²) in [5, 5.41) is 46.6. The number of aliphatic hydroxyl groups excluding tert-OH is 2. The molecule has 0 bridgehead atoms. The molecule has 0 saturated heterocycles. The van der Waals surface area contributed by atoms with Crippen molar-refractivity contribution >= 4 is 17.3 Å². The molecule has 1 aromatic rings. The monoisotopic (exact) mass is 510 g/mol. The van der Waals surface area contributed by atoms with Crippen LogP contribution in [0.1, 0.15) is 95.1 Å². The second-order valence-corrected chi connectivity index (χ2v) is 12.1. The predicted molar refractivity (Wildman–Crippen MR) is 138 cm³/mol. The smallest absolute Gasteiger partial charge is 0.206 e. The number of hydrogen-bond acceptors (Lipinski definition) is 7. The lowest BCUT2D eigenvalue weighted by atomic mass is 9.44. The van der Waals surface area contributed by atoms with Gasteiger partial charge in [0.15, 0.2) is 17.2 Å². The maximum Gasteiger partial charge on any atom is 0.206 e. The molecule has 200 valence electrons. The summed E-state index contributed by atoms with van der Waals surface area (Å²) >= 11 is 0. The van der Waals surface area contributed by atoms with Gasteiger partial charge in [-0.15, -0.1) is 0 Å². The van der Waals surface area contributed by atoms with E-state index in [1.54, 1.807) is 26.0 Å². The maximum atomic E-state index is 14.0. The van der Waals surface area contributed by atoms with Crippen molar-refractivity contribution in [2.75, 3.05) is 0 Å². The first-order valence-corrected chi connectivity index (χ1v) is 13.1. The molecule has 4 N–H and O–H groups in total. The number of aromatic hydroxyl groups is 1. The van der Waals surface area contributed by atoms with Crippen LogP contribution in [0, 0.1) is 16.7 Å². The molecule has 0 aromatic heterocycles. The highest BCUT2D eigenvalue weighted by atomic mass is 16.4. The van der Waals surface area contributed by atoms with E-state index in [0.717, 1.165) is 12.8 Å². The number of rotatable bonds is 5. The zero-order chi connectivity index (χ0) is 27.8. The van der Waals surface area contributed by atoms with Crippen molar-refractivity contribution in [3.63, 3.8) is 0 Å². The summed E-state index contributed by atoms with van der Waals surface area (Å²) in [7, 11) is 0. The second-order valence-electron chi connectivity index (χ2n) is 12.1. The van der Waals surface area contributed by atoms with Crippen LogP contribution in [-0.4, -0.2) is 49.5 Å². The van der Waals surface area contributed by atoms with Gasteiger partial charge in [-0.05, 0) is 56.1 Å². The molecule has 0 amide bonds. The van der Waals surface area contributed by atoms with Crippen LogP contribution in [-0.2, 0) is 16.0 Å². The fourth-order valence-electron chi connectivity index (χ4n) is 7.17. The number of carbonyl (C=O) groups is 3. The molecule has 37 heavy (non-hydrogen) atoms. The van der Waals surface area contributed by atoms with E-state index in [1.807, 2.05) is 6.92 Å². The number of benzene rings is 1. The summed E-state index contributed by atoms with van der Waals surface area (Å²) in [6, 6.07) is 3.60. The van der Waals surface area contributed by atoms with Crippen LogP contribution in [0.3, 0.4) is 0 Å². The zero-order valence-electron chi connectivity index (χ0n) is 22.7. The Bertz CT molecular complexity index is 1280. The van der Waals surface area contributed by atoms with Gasteiger partial charge in [-0.3, -0.25) is 14.4 Å². The number of aliphatic hydroxyl groups is 3. The van der Waals surface area contributed by atoms with Gasteiger partial charge < -0.3 is 20.4 Å². The summed E-state index contributed by atoms with van der Waals surface area (Å²) in [6.07, 6.45) is 0.895. The van der Waals surface area contributed by atoms with E-state index in [1.165, 1.54) is 13.8 Å². The fraction of sp³-hybridized carbons (Fsp3) is 0.567. The highest BCUT2D eigenvalue weighted by molar-refractivity contribution is 6.25. The van der Waals surface area contributed by atoms with Crippen LogP contribution in [0.25, 0.3) is 0 Å². The standard InChI is InChI=1S/C30H38O7/c1-14(2)9-8-10-18-11-12-19-16(4)29(7)22(24(33)21(19)23(18)32)26(35)30(37)25(34)20(17(5)31)15(3)13-28(30,6)27(29)36/h11-12,14,16,27,32,35-37H,8-10,13H2,1-7H3/t16-,27+,28+,29+,30+/m1/s1. The maximum absolute atomic E-state index is 14.0. The number of aryl methyl sites for hydroxylation is 1. The van der Waals surface area contributed by atoms with Gasteiger partial charge in [0.2, 0.25) is 5.78 Å². The third-order valence-electron chi connectivity index (χ3n) is 9.42. The quantitative estimate of drug-likeness (QED) is 0.429. The molecule has 0 unspecified atom stereocenters. The van der Waals surface area contributed by atoms with Crippen LogP contribution in [0.15, 0.2) is 34.6 Å². The van der Waals surface area contributed by atoms with Crippen molar-refractivity contribution in [3.05, 3.63) is 51.3 Å². The van der Waals surface area contributed by atoms with E-state index >= 15 is 0 Å². The van der Waals surface area contributed by atoms with E-state index in [4.69, 9.17) is 0 Å². The minimum atomic E-state index is -2.67. The summed E-state index contributed by atoms with van der Waals surface area (Å²) in [4.78, 5) is 40.0. The van der Waals surface area contributed by atoms with Gasteiger partial charge in [-0.25, -0.2) is 0 Å². The van der Waals surface area contributed by atoms with Crippen LogP contribution in [0.5, 0.6) is 5.75 Å². The first kappa shape index (κ1) is 27.3. The van der Waals surface area contributed by atoms with Gasteiger partial charge in [0.05, 0.1) is 22.8 Å². The average molecular weight is 511 g/mol. The van der Waals surface area contributed by atoms with Gasteiger partial charge >= 0.3 is 0 Å². The molecule has 0 radical (unpaired) electrons. The third-order valence-corrected chi connectivity index (χ3v) is 9.42. The van der Waals surface area contributed by atoms with Crippen molar-refractivity contribution in [3.8, 4) is 5.75 Å². The summed E-state index contributed by atoms with van der Waals surface area (Å²) in [5.74, 6) is -3.37. The van der Waals surface area contributed by atoms with Crippen LogP contribution in [0.4, 0.5) is 0 Å². The number of hydrogen-bond donors (Lipinski definition) is 4. The van der Waals surface area contributed by atoms with E-state index in [9.17, 15) is 34.8 Å². The minimum Gasteiger partial charge on any atom is -0.508 e. The van der Waals surface area contributed by atoms with Gasteiger partial charge in [0, 0.05) is 10.8 Å². The SMILES string of the molecule is CC(=O)C1=C(C)C[C@@]2(C)[C@H](O)[C@]3(C)C(=C(O)[C@@]2(O)C1=O)C(=O)c1c(ccc(CCCC(C)C)c1O)[C@H]3C. The lowest BCUT2D eigenvalue weighted by molar-refractivity contribution is -0.188. The highest BCUT2D eigenvalue weighted by Gasteiger charge is 2.72. The molecular formula is C30H38O7. The predicted octanol–water partition coefficient (Wildman–Crippen LogP) is 4.48. The Hall–Kier alpha value is -2.77. The van der Waals surface area contributed by atoms with E-state index in [-0.39, 0.29) is 28.9 Å². The number of carbonyl (C=O) groups excluding carboxylic acids is 3. The Kier molecular flexibility index (Phi) is 6.36. The molecule has 4 rings (SSSR count). The number of fused-ring (bicyclic) bond motifs is 3. The average Bonchev–Trinajstić information content (AvgIpc) is 2.80. The van der Waals surface area contributed by atoms with E-state index < -0.39 is 51.6 Å². The normalized spacial score (nSPS) is 33.5. The molecule has 5 atom stereocenters. The molecule has 7 nitrogen and oxygen atoms in total. The molecular weight excluding hydrogens is 472 g/mol. The molecule has 1 aromatic carbocycles. The second kappa shape index (κ2) is 8.63. The summed E-state index contributed by atoms with van der Waals surface area (Å²) < 4.78 is 0. The van der Waals surface area contributed by atoms with Gasteiger partial charge in [-0.2, -0.15) is 0 Å². The number of ketones is 3. The van der Waals surface area contributed by atoms with Crippen LogP contribution in [0.2, 0.25) is 0 Å². The Labute approximate surface area is 217 Å². The van der Waals surface area contributed by atoms with Crippen molar-refractivity contribution < 1.29 is 34.8 Å². The summed E-state index contributed by atoms with van der Waals surface area (Å²) in [6.45, 7) is 12.0. The van der Waals surface area contributed by atoms with Crippen molar-refractivity contribution in [2.24, 2.45) is 16.7 Å². The Morgan fingerprint density at radius 1 is 1.16 bits per heavy atom. The molecule has 3 aliphatic rings. The Morgan fingerprint density at radius 3 is 2.35 bits per heavy atom. The molecule has 0 heterocycles. The van der Waals surface area contributed by atoms with Crippen molar-refractivity contribution in [1.29, 1.82) is 0 Å². The van der Waals surface area contributed by atoms with Gasteiger partial charge in [0.25, 0.3) is 0 Å². The minimum absolute atomic E-state index is 0.0218. The number of phenols is 1. The first-order chi connectivity index (χ1) is 17.1. The third kappa shape index (κ3) is 3.36. The van der Waals surface area contributed by atoms with Crippen LogP contribution >= 0.6 is 0 Å². The van der Waals surface area contributed by atoms with Gasteiger partial charge in [-0.1, -0.05) is 58.7 Å².